The van der Waals surface area contributed by atoms with E-state index in [0.29, 0.717) is 19.1 Å². The fourth-order valence-corrected chi connectivity index (χ4v) is 2.53. The average Bonchev–Trinajstić information content (AvgIpc) is 3.01. The van der Waals surface area contributed by atoms with Crippen molar-refractivity contribution in [1.82, 2.24) is 30.3 Å². The lowest BCUT2D eigenvalue weighted by Gasteiger charge is -2.25. The maximum Gasteiger partial charge on any atom is 0.243 e. The minimum Gasteiger partial charge on any atom is -0.383 e. The van der Waals surface area contributed by atoms with Crippen LogP contribution in [0, 0.1) is 0 Å². The van der Waals surface area contributed by atoms with Gasteiger partial charge in [0.25, 0.3) is 0 Å². The zero-order valence-corrected chi connectivity index (χ0v) is 15.6. The Hall–Kier alpha value is -2.16. The van der Waals surface area contributed by atoms with E-state index < -0.39 is 0 Å². The van der Waals surface area contributed by atoms with Gasteiger partial charge in [0.15, 0.2) is 11.8 Å². The van der Waals surface area contributed by atoms with Crippen molar-refractivity contribution in [2.45, 2.75) is 38.8 Å². The summed E-state index contributed by atoms with van der Waals surface area (Å²) < 4.78 is 7.03. The Morgan fingerprint density at radius 1 is 1.48 bits per heavy atom. The molecule has 0 saturated carbocycles. The number of likely N-dealkylation sites (N-methyl/N-ethyl adjacent to an activating group) is 1. The third-order valence-corrected chi connectivity index (χ3v) is 4.03. The van der Waals surface area contributed by atoms with E-state index in [0.717, 1.165) is 37.5 Å². The lowest BCUT2D eigenvalue weighted by molar-refractivity contribution is -0.127. The van der Waals surface area contributed by atoms with Gasteiger partial charge in [-0.2, -0.15) is 5.10 Å². The van der Waals surface area contributed by atoms with E-state index in [1.54, 1.807) is 21.2 Å². The minimum absolute atomic E-state index is 0.0392. The van der Waals surface area contributed by atoms with Crippen LogP contribution in [0.25, 0.3) is 0 Å². The van der Waals surface area contributed by atoms with Crippen molar-refractivity contribution in [3.63, 3.8) is 0 Å². The molecule has 0 fully saturated rings. The Kier molecular flexibility index (Phi) is 7.17. The summed E-state index contributed by atoms with van der Waals surface area (Å²) in [6.07, 6.45) is 2.68. The average molecular weight is 351 g/mol. The van der Waals surface area contributed by atoms with Gasteiger partial charge in [0, 0.05) is 46.6 Å². The summed E-state index contributed by atoms with van der Waals surface area (Å²) >= 11 is 0. The quantitative estimate of drug-likeness (QED) is 0.388. The van der Waals surface area contributed by atoms with Gasteiger partial charge in [-0.15, -0.1) is 0 Å². The summed E-state index contributed by atoms with van der Waals surface area (Å²) in [6.45, 7) is 4.11. The molecule has 1 atom stereocenters. The van der Waals surface area contributed by atoms with Crippen LogP contribution in [-0.2, 0) is 28.9 Å². The molecule has 1 aromatic heterocycles. The molecule has 0 radical (unpaired) electrons. The molecular formula is C16H29N7O2. The van der Waals surface area contributed by atoms with Crippen molar-refractivity contribution in [3.8, 4) is 0 Å². The second-order valence-corrected chi connectivity index (χ2v) is 6.23. The monoisotopic (exact) mass is 351 g/mol. The van der Waals surface area contributed by atoms with E-state index in [2.05, 4.69) is 32.6 Å². The molecule has 0 spiro atoms. The molecule has 0 aliphatic carbocycles. The van der Waals surface area contributed by atoms with Gasteiger partial charge < -0.3 is 20.3 Å². The fraction of sp³-hybridized carbons (Fsp3) is 0.750. The molecule has 25 heavy (non-hydrogen) atoms. The highest BCUT2D eigenvalue weighted by Gasteiger charge is 2.22. The molecule has 0 bridgehead atoms. The molecule has 9 heteroatoms. The number of aliphatic imine (C=N–C) groups is 1. The van der Waals surface area contributed by atoms with Gasteiger partial charge in [0.05, 0.1) is 13.2 Å². The number of ether oxygens (including phenoxy) is 1. The summed E-state index contributed by atoms with van der Waals surface area (Å²) in [5, 5.41) is 11.1. The van der Waals surface area contributed by atoms with Gasteiger partial charge in [0.1, 0.15) is 12.4 Å². The van der Waals surface area contributed by atoms with Crippen molar-refractivity contribution in [2.24, 2.45) is 4.99 Å². The second kappa shape index (κ2) is 9.36. The van der Waals surface area contributed by atoms with Gasteiger partial charge in [0.2, 0.25) is 5.91 Å². The molecule has 1 aliphatic heterocycles. The Bertz CT molecular complexity index is 597. The number of amides is 1. The number of carbonyl (C=O) groups excluding carboxylic acids is 1. The van der Waals surface area contributed by atoms with E-state index in [9.17, 15) is 4.79 Å². The Morgan fingerprint density at radius 3 is 2.96 bits per heavy atom. The predicted molar refractivity (Wildman–Crippen MR) is 95.5 cm³/mol. The number of carbonyl (C=O) groups is 1. The third-order valence-electron chi connectivity index (χ3n) is 4.03. The van der Waals surface area contributed by atoms with Crippen molar-refractivity contribution in [2.75, 3.05) is 40.9 Å². The molecule has 2 heterocycles. The highest BCUT2D eigenvalue weighted by atomic mass is 16.5. The summed E-state index contributed by atoms with van der Waals surface area (Å²) in [5.74, 6) is 2.52. The number of hydrogen-bond acceptors (Lipinski definition) is 5. The van der Waals surface area contributed by atoms with E-state index in [1.807, 2.05) is 4.68 Å². The van der Waals surface area contributed by atoms with Gasteiger partial charge in [-0.25, -0.2) is 14.7 Å². The van der Waals surface area contributed by atoms with Crippen molar-refractivity contribution in [1.29, 1.82) is 0 Å². The molecule has 9 nitrogen and oxygen atoms in total. The summed E-state index contributed by atoms with van der Waals surface area (Å²) in [4.78, 5) is 22.2. The van der Waals surface area contributed by atoms with Crippen LogP contribution in [-0.4, -0.2) is 78.5 Å². The van der Waals surface area contributed by atoms with Gasteiger partial charge in [-0.1, -0.05) is 6.92 Å². The summed E-state index contributed by atoms with van der Waals surface area (Å²) in [6, 6.07) is 0.196. The first-order valence-electron chi connectivity index (χ1n) is 8.70. The smallest absolute Gasteiger partial charge is 0.243 e. The second-order valence-electron chi connectivity index (χ2n) is 6.23. The molecular weight excluding hydrogens is 322 g/mol. The normalized spacial score (nSPS) is 17.1. The predicted octanol–water partition coefficient (Wildman–Crippen LogP) is -0.575. The highest BCUT2D eigenvalue weighted by molar-refractivity contribution is 5.84. The van der Waals surface area contributed by atoms with Crippen LogP contribution in [0.3, 0.4) is 0 Å². The van der Waals surface area contributed by atoms with E-state index in [-0.39, 0.29) is 18.5 Å². The van der Waals surface area contributed by atoms with Crippen LogP contribution < -0.4 is 10.6 Å². The molecule has 1 aromatic rings. The third kappa shape index (κ3) is 5.70. The first-order chi connectivity index (χ1) is 12.0. The van der Waals surface area contributed by atoms with Crippen LogP contribution >= 0.6 is 0 Å². The van der Waals surface area contributed by atoms with Gasteiger partial charge >= 0.3 is 0 Å². The van der Waals surface area contributed by atoms with Gasteiger partial charge in [-0.05, 0) is 6.42 Å². The Labute approximate surface area is 148 Å². The standard InChI is InChI=1S/C16H29N7O2/c1-5-13-20-14-7-6-12(11-23(14)21-13)19-16(17-8-9-25-4)18-10-15(24)22(2)3/h12H,5-11H2,1-4H3,(H2,17,18,19). The molecule has 1 aliphatic rings. The van der Waals surface area contributed by atoms with Gasteiger partial charge in [-0.3, -0.25) is 4.79 Å². The molecule has 140 valence electrons. The van der Waals surface area contributed by atoms with Crippen LogP contribution in [0.4, 0.5) is 0 Å². The fourth-order valence-electron chi connectivity index (χ4n) is 2.53. The van der Waals surface area contributed by atoms with Crippen molar-refractivity contribution < 1.29 is 9.53 Å². The van der Waals surface area contributed by atoms with Crippen LogP contribution in [0.5, 0.6) is 0 Å². The number of aromatic nitrogens is 3. The summed E-state index contributed by atoms with van der Waals surface area (Å²) in [7, 11) is 5.10. The number of methoxy groups -OCH3 is 1. The number of nitrogens with zero attached hydrogens (tertiary/aromatic N) is 5. The number of rotatable bonds is 7. The van der Waals surface area contributed by atoms with E-state index in [4.69, 9.17) is 4.74 Å². The van der Waals surface area contributed by atoms with E-state index >= 15 is 0 Å². The number of fused-ring (bicyclic) bond motifs is 1. The minimum atomic E-state index is -0.0392. The first-order valence-corrected chi connectivity index (χ1v) is 8.70. The molecule has 0 aromatic carbocycles. The molecule has 1 unspecified atom stereocenters. The lowest BCUT2D eigenvalue weighted by atomic mass is 10.1. The highest BCUT2D eigenvalue weighted by Crippen LogP contribution is 2.13. The Morgan fingerprint density at radius 2 is 2.28 bits per heavy atom. The zero-order valence-electron chi connectivity index (χ0n) is 15.6. The molecule has 2 rings (SSSR count). The maximum absolute atomic E-state index is 11.8. The van der Waals surface area contributed by atoms with Crippen LogP contribution in [0.2, 0.25) is 0 Å². The van der Waals surface area contributed by atoms with Crippen molar-refractivity contribution in [3.05, 3.63) is 11.6 Å². The van der Waals surface area contributed by atoms with Crippen LogP contribution in [0.1, 0.15) is 25.0 Å². The van der Waals surface area contributed by atoms with Crippen LogP contribution in [0.15, 0.2) is 4.99 Å². The largest absolute Gasteiger partial charge is 0.383 e. The number of guanidine groups is 1. The number of aryl methyl sites for hydroxylation is 2. The van der Waals surface area contributed by atoms with Crippen molar-refractivity contribution >= 4 is 11.9 Å². The molecule has 1 amide bonds. The summed E-state index contributed by atoms with van der Waals surface area (Å²) in [5.41, 5.74) is 0. The maximum atomic E-state index is 11.8. The number of nitrogens with one attached hydrogen (secondary N) is 2. The molecule has 0 saturated heterocycles. The topological polar surface area (TPSA) is 96.7 Å². The number of hydrogen-bond donors (Lipinski definition) is 2. The SMILES string of the molecule is CCc1nc2n(n1)CC(NC(=NCC(=O)N(C)C)NCCOC)CC2. The lowest BCUT2D eigenvalue weighted by Crippen LogP contribution is -2.48. The van der Waals surface area contributed by atoms with E-state index in [1.165, 1.54) is 4.90 Å². The Balaban J connectivity index is 1.97. The molecule has 2 N–H and O–H groups in total. The first kappa shape index (κ1) is 19.2. The zero-order chi connectivity index (χ0) is 18.2.